The number of aromatic nitrogens is 2. The number of pyridine rings is 2. The van der Waals surface area contributed by atoms with Gasteiger partial charge in [0.1, 0.15) is 0 Å². The van der Waals surface area contributed by atoms with Crippen molar-refractivity contribution < 1.29 is 0 Å². The van der Waals surface area contributed by atoms with E-state index in [0.717, 1.165) is 58.4 Å². The van der Waals surface area contributed by atoms with Crippen LogP contribution in [0.15, 0.2) is 70.1 Å². The Balaban J connectivity index is 1.43. The van der Waals surface area contributed by atoms with E-state index in [4.69, 9.17) is 0 Å². The lowest BCUT2D eigenvalue weighted by Gasteiger charge is -2.20. The summed E-state index contributed by atoms with van der Waals surface area (Å²) in [6.07, 6.45) is 5.68. The van der Waals surface area contributed by atoms with Crippen molar-refractivity contribution in [1.82, 2.24) is 20.8 Å². The van der Waals surface area contributed by atoms with Crippen molar-refractivity contribution in [3.8, 4) is 0 Å². The van der Waals surface area contributed by atoms with Gasteiger partial charge in [-0.05, 0) is 38.1 Å². The minimum Gasteiger partial charge on any atom is -0.276 e. The third-order valence-corrected chi connectivity index (χ3v) is 4.28. The van der Waals surface area contributed by atoms with E-state index in [1.165, 1.54) is 0 Å². The summed E-state index contributed by atoms with van der Waals surface area (Å²) in [4.78, 5) is 9.05. The molecule has 2 N–H and O–H groups in total. The molecule has 0 radical (unpaired) electrons. The summed E-state index contributed by atoms with van der Waals surface area (Å²) >= 11 is 0. The lowest BCUT2D eigenvalue weighted by atomic mass is 10.1. The van der Waals surface area contributed by atoms with Crippen LogP contribution >= 0.6 is 0 Å². The van der Waals surface area contributed by atoms with Gasteiger partial charge in [0.25, 0.3) is 0 Å². The highest BCUT2D eigenvalue weighted by Crippen LogP contribution is 2.17. The fraction of sp³-hybridized carbons (Fsp3) is 0.200. The highest BCUT2D eigenvalue weighted by atomic mass is 15.4. The van der Waals surface area contributed by atoms with Crippen LogP contribution < -0.4 is 10.9 Å². The first kappa shape index (κ1) is 16.2. The van der Waals surface area contributed by atoms with E-state index >= 15 is 0 Å². The van der Waals surface area contributed by atoms with Crippen LogP contribution in [0, 0.1) is 13.8 Å². The molecule has 26 heavy (non-hydrogen) atoms. The van der Waals surface area contributed by atoms with Crippen molar-refractivity contribution in [3.05, 3.63) is 82.7 Å². The number of nitrogens with one attached hydrogen (secondary N) is 2. The maximum Gasteiger partial charge on any atom is 0.0901 e. The molecule has 0 unspecified atom stereocenters. The molecule has 0 aromatic carbocycles. The van der Waals surface area contributed by atoms with Gasteiger partial charge in [0, 0.05) is 24.2 Å². The first-order valence-corrected chi connectivity index (χ1v) is 8.63. The molecule has 0 amide bonds. The van der Waals surface area contributed by atoms with Gasteiger partial charge in [0.05, 0.1) is 34.2 Å². The molecule has 0 aliphatic carbocycles. The third-order valence-electron chi connectivity index (χ3n) is 4.28. The Labute approximate surface area is 152 Å². The van der Waals surface area contributed by atoms with Crippen LogP contribution in [0.4, 0.5) is 0 Å². The second-order valence-electron chi connectivity index (χ2n) is 6.31. The molecule has 4 rings (SSSR count). The van der Waals surface area contributed by atoms with E-state index in [0.29, 0.717) is 0 Å². The Bertz CT molecular complexity index is 888. The smallest absolute Gasteiger partial charge is 0.0901 e. The van der Waals surface area contributed by atoms with Crippen LogP contribution in [-0.2, 0) is 0 Å². The summed E-state index contributed by atoms with van der Waals surface area (Å²) in [6.45, 7) is 3.97. The molecule has 130 valence electrons. The highest BCUT2D eigenvalue weighted by Gasteiger charge is 2.16. The molecule has 2 aliphatic heterocycles. The third kappa shape index (κ3) is 3.39. The molecule has 0 saturated carbocycles. The molecule has 6 heteroatoms. The summed E-state index contributed by atoms with van der Waals surface area (Å²) in [5, 5.41) is 8.96. The van der Waals surface area contributed by atoms with Crippen molar-refractivity contribution in [2.45, 2.75) is 26.7 Å². The monoisotopic (exact) mass is 344 g/mol. The average molecular weight is 344 g/mol. The molecule has 0 atom stereocenters. The Morgan fingerprint density at radius 2 is 1.15 bits per heavy atom. The number of rotatable bonds is 3. The molecule has 2 aliphatic rings. The number of hydrogen-bond donors (Lipinski definition) is 2. The van der Waals surface area contributed by atoms with Crippen LogP contribution in [0.1, 0.15) is 35.6 Å². The molecule has 0 fully saturated rings. The molecule has 4 heterocycles. The largest absolute Gasteiger partial charge is 0.276 e. The first-order valence-electron chi connectivity index (χ1n) is 8.63. The van der Waals surface area contributed by atoms with Gasteiger partial charge in [0.2, 0.25) is 0 Å². The number of aryl methyl sites for hydroxylation is 2. The summed E-state index contributed by atoms with van der Waals surface area (Å²) in [5.74, 6) is 0. The van der Waals surface area contributed by atoms with Crippen molar-refractivity contribution in [1.29, 1.82) is 0 Å². The number of nitrogens with zero attached hydrogens (tertiary/aromatic N) is 4. The first-order chi connectivity index (χ1) is 12.7. The second-order valence-corrected chi connectivity index (χ2v) is 6.31. The molecule has 0 spiro atoms. The van der Waals surface area contributed by atoms with Gasteiger partial charge < -0.3 is 0 Å². The zero-order valence-corrected chi connectivity index (χ0v) is 14.8. The minimum absolute atomic E-state index is 0.730. The predicted molar refractivity (Wildman–Crippen MR) is 103 cm³/mol. The predicted octanol–water partition coefficient (Wildman–Crippen LogP) is 2.96. The fourth-order valence-electron chi connectivity index (χ4n) is 2.91. The van der Waals surface area contributed by atoms with Gasteiger partial charge in [-0.1, -0.05) is 24.3 Å². The van der Waals surface area contributed by atoms with Gasteiger partial charge in [-0.3, -0.25) is 20.8 Å². The van der Waals surface area contributed by atoms with Crippen molar-refractivity contribution in [3.63, 3.8) is 0 Å². The van der Waals surface area contributed by atoms with Crippen LogP contribution in [0.25, 0.3) is 0 Å². The quantitative estimate of drug-likeness (QED) is 0.898. The van der Waals surface area contributed by atoms with E-state index in [9.17, 15) is 0 Å². The SMILES string of the molecule is Cc1cccc(C2=NNC(C3=CCC(c4cccc(C)n4)=NN3)=CC2)n1. The zero-order chi connectivity index (χ0) is 17.9. The topological polar surface area (TPSA) is 74.6 Å². The molecule has 2 aromatic rings. The van der Waals surface area contributed by atoms with E-state index in [2.05, 4.69) is 43.2 Å². The van der Waals surface area contributed by atoms with E-state index < -0.39 is 0 Å². The molecule has 6 nitrogen and oxygen atoms in total. The van der Waals surface area contributed by atoms with E-state index in [1.807, 2.05) is 50.2 Å². The van der Waals surface area contributed by atoms with Crippen LogP contribution in [-0.4, -0.2) is 21.4 Å². The molecular formula is C20H20N6. The maximum atomic E-state index is 4.53. The molecular weight excluding hydrogens is 324 g/mol. The lowest BCUT2D eigenvalue weighted by Crippen LogP contribution is -2.26. The van der Waals surface area contributed by atoms with E-state index in [1.54, 1.807) is 0 Å². The van der Waals surface area contributed by atoms with Gasteiger partial charge in [-0.2, -0.15) is 10.2 Å². The van der Waals surface area contributed by atoms with Crippen LogP contribution in [0.3, 0.4) is 0 Å². The Morgan fingerprint density at radius 3 is 1.50 bits per heavy atom. The number of hydrazone groups is 2. The fourth-order valence-corrected chi connectivity index (χ4v) is 2.91. The summed E-state index contributed by atoms with van der Waals surface area (Å²) < 4.78 is 0. The summed E-state index contributed by atoms with van der Waals surface area (Å²) in [6, 6.07) is 11.9. The van der Waals surface area contributed by atoms with Gasteiger partial charge in [0.15, 0.2) is 0 Å². The highest BCUT2D eigenvalue weighted by molar-refractivity contribution is 6.01. The molecule has 2 aromatic heterocycles. The number of allylic oxidation sites excluding steroid dienone is 2. The molecule has 0 saturated heterocycles. The van der Waals surface area contributed by atoms with Crippen LogP contribution in [0.5, 0.6) is 0 Å². The van der Waals surface area contributed by atoms with Gasteiger partial charge in [-0.15, -0.1) is 0 Å². The van der Waals surface area contributed by atoms with Crippen molar-refractivity contribution in [2.75, 3.05) is 0 Å². The van der Waals surface area contributed by atoms with Gasteiger partial charge in [-0.25, -0.2) is 0 Å². The van der Waals surface area contributed by atoms with Gasteiger partial charge >= 0.3 is 0 Å². The Kier molecular flexibility index (Phi) is 4.31. The standard InChI is InChI=1S/C20H20N6/c1-13-5-3-7-15(21-13)17-9-11-19(25-23-17)20-12-10-18(24-26-20)16-8-4-6-14(2)22-16/h3-8,11-12,25-26H,9-10H2,1-2H3. The molecule has 0 bridgehead atoms. The Hall–Kier alpha value is -3.28. The number of hydrogen-bond acceptors (Lipinski definition) is 6. The van der Waals surface area contributed by atoms with Crippen molar-refractivity contribution in [2.24, 2.45) is 10.2 Å². The normalized spacial score (nSPS) is 16.5. The summed E-state index contributed by atoms with van der Waals surface area (Å²) in [5.41, 5.74) is 13.7. The minimum atomic E-state index is 0.730. The Morgan fingerprint density at radius 1 is 0.692 bits per heavy atom. The maximum absolute atomic E-state index is 4.53. The van der Waals surface area contributed by atoms with Crippen molar-refractivity contribution >= 4 is 11.4 Å². The second kappa shape index (κ2) is 6.92. The zero-order valence-electron chi connectivity index (χ0n) is 14.8. The van der Waals surface area contributed by atoms with E-state index in [-0.39, 0.29) is 0 Å². The van der Waals surface area contributed by atoms with Crippen LogP contribution in [0.2, 0.25) is 0 Å². The summed E-state index contributed by atoms with van der Waals surface area (Å²) in [7, 11) is 0. The average Bonchev–Trinajstić information content (AvgIpc) is 2.68. The lowest BCUT2D eigenvalue weighted by molar-refractivity contribution is 0.781.